The van der Waals surface area contributed by atoms with Crippen LogP contribution in [0.3, 0.4) is 0 Å². The maximum absolute atomic E-state index is 14.5. The largest absolute Gasteiger partial charge is 0.497 e. The maximum atomic E-state index is 14.5. The number of anilines is 1. The number of hydrogen-bond donors (Lipinski definition) is 1. The van der Waals surface area contributed by atoms with Gasteiger partial charge in [-0.2, -0.15) is 0 Å². The molecule has 10 heteroatoms. The summed E-state index contributed by atoms with van der Waals surface area (Å²) in [7, 11) is -2.66. The van der Waals surface area contributed by atoms with Crippen molar-refractivity contribution in [1.29, 1.82) is 0 Å². The smallest absolute Gasteiger partial charge is 0.264 e. The summed E-state index contributed by atoms with van der Waals surface area (Å²) in [5.41, 5.74) is 2.83. The third-order valence-electron chi connectivity index (χ3n) is 7.19. The van der Waals surface area contributed by atoms with Gasteiger partial charge in [-0.25, -0.2) is 8.42 Å². The van der Waals surface area contributed by atoms with Gasteiger partial charge in [-0.05, 0) is 80.4 Å². The van der Waals surface area contributed by atoms with Gasteiger partial charge >= 0.3 is 0 Å². The van der Waals surface area contributed by atoms with E-state index in [0.717, 1.165) is 21.0 Å². The van der Waals surface area contributed by atoms with Crippen molar-refractivity contribution in [1.82, 2.24) is 10.2 Å². The van der Waals surface area contributed by atoms with E-state index in [1.54, 1.807) is 49.6 Å². The molecule has 1 N–H and O–H groups in total. The van der Waals surface area contributed by atoms with Gasteiger partial charge in [0.15, 0.2) is 0 Å². The Kier molecular flexibility index (Phi) is 11.3. The molecule has 0 saturated heterocycles. The third-order valence-corrected chi connectivity index (χ3v) is 9.23. The molecule has 4 aromatic rings. The number of nitrogens with one attached hydrogen (secondary N) is 1. The lowest BCUT2D eigenvalue weighted by Crippen LogP contribution is -2.54. The lowest BCUT2D eigenvalue weighted by atomic mass is 10.0. The maximum Gasteiger partial charge on any atom is 0.264 e. The van der Waals surface area contributed by atoms with E-state index in [9.17, 15) is 18.0 Å². The van der Waals surface area contributed by atoms with Crippen LogP contribution in [0.2, 0.25) is 5.02 Å². The highest BCUT2D eigenvalue weighted by molar-refractivity contribution is 7.92. The fourth-order valence-electron chi connectivity index (χ4n) is 4.88. The van der Waals surface area contributed by atoms with Crippen molar-refractivity contribution in [2.75, 3.05) is 18.0 Å². The SMILES string of the molecule is COc1cccc(CN(C(=O)CN(c2ccc(C)cc2)S(=O)(=O)c2ccc(Cl)cc2)[C@H](Cc2ccccc2)C(=O)NC(C)C)c1. The van der Waals surface area contributed by atoms with Crippen molar-refractivity contribution in [3.05, 3.63) is 125 Å². The normalized spacial score (nSPS) is 12.0. The van der Waals surface area contributed by atoms with E-state index in [-0.39, 0.29) is 29.8 Å². The first-order chi connectivity index (χ1) is 21.5. The second kappa shape index (κ2) is 15.1. The van der Waals surface area contributed by atoms with Crippen molar-refractivity contribution in [3.63, 3.8) is 0 Å². The predicted octanol–water partition coefficient (Wildman–Crippen LogP) is 6.02. The summed E-state index contributed by atoms with van der Waals surface area (Å²) in [6, 6.07) is 28.2. The molecule has 0 spiro atoms. The number of nitrogens with zero attached hydrogens (tertiary/aromatic N) is 2. The quantitative estimate of drug-likeness (QED) is 0.192. The number of carbonyl (C=O) groups excluding carboxylic acids is 2. The van der Waals surface area contributed by atoms with Crippen LogP contribution in [0, 0.1) is 6.92 Å². The topological polar surface area (TPSA) is 96.0 Å². The number of benzene rings is 4. The fourth-order valence-corrected chi connectivity index (χ4v) is 6.42. The van der Waals surface area contributed by atoms with E-state index in [1.807, 2.05) is 57.2 Å². The highest BCUT2D eigenvalue weighted by atomic mass is 35.5. The first-order valence-corrected chi connectivity index (χ1v) is 16.4. The van der Waals surface area contributed by atoms with Crippen LogP contribution in [-0.4, -0.2) is 50.9 Å². The Bertz CT molecular complexity index is 1700. The fraction of sp³-hybridized carbons (Fsp3) is 0.257. The number of amides is 2. The highest BCUT2D eigenvalue weighted by Gasteiger charge is 2.35. The molecule has 0 radical (unpaired) electrons. The summed E-state index contributed by atoms with van der Waals surface area (Å²) < 4.78 is 34.7. The van der Waals surface area contributed by atoms with Gasteiger partial charge in [0, 0.05) is 24.0 Å². The number of ether oxygens (including phenoxy) is 1. The summed E-state index contributed by atoms with van der Waals surface area (Å²) in [4.78, 5) is 29.7. The van der Waals surface area contributed by atoms with Crippen LogP contribution < -0.4 is 14.4 Å². The van der Waals surface area contributed by atoms with Gasteiger partial charge in [0.2, 0.25) is 11.8 Å². The zero-order valence-electron chi connectivity index (χ0n) is 25.8. The summed E-state index contributed by atoms with van der Waals surface area (Å²) in [5, 5.41) is 3.34. The van der Waals surface area contributed by atoms with E-state index >= 15 is 0 Å². The molecule has 0 fully saturated rings. The Morgan fingerprint density at radius 1 is 0.867 bits per heavy atom. The molecule has 45 heavy (non-hydrogen) atoms. The average molecular weight is 648 g/mol. The number of aryl methyl sites for hydroxylation is 1. The third kappa shape index (κ3) is 8.86. The molecule has 4 aromatic carbocycles. The minimum Gasteiger partial charge on any atom is -0.497 e. The summed E-state index contributed by atoms with van der Waals surface area (Å²) in [5.74, 6) is -0.291. The van der Waals surface area contributed by atoms with E-state index in [4.69, 9.17) is 16.3 Å². The molecule has 0 saturated carbocycles. The molecule has 8 nitrogen and oxygen atoms in total. The second-order valence-corrected chi connectivity index (χ2v) is 13.3. The molecule has 0 aromatic heterocycles. The molecule has 0 aliphatic heterocycles. The Balaban J connectivity index is 1.81. The van der Waals surface area contributed by atoms with Crippen LogP contribution in [0.15, 0.2) is 108 Å². The average Bonchev–Trinajstić information content (AvgIpc) is 3.02. The minimum absolute atomic E-state index is 0.0157. The number of carbonyl (C=O) groups is 2. The number of rotatable bonds is 13. The van der Waals surface area contributed by atoms with Crippen LogP contribution in [0.4, 0.5) is 5.69 Å². The molecule has 0 bridgehead atoms. The number of hydrogen-bond acceptors (Lipinski definition) is 5. The standard InChI is InChI=1S/C35H38ClN3O5S/c1-25(2)37-35(41)33(22-27-9-6-5-7-10-27)38(23-28-11-8-12-31(21-28)44-4)34(40)24-39(30-17-13-26(3)14-18-30)45(42,43)32-19-15-29(36)16-20-32/h5-21,25,33H,22-24H2,1-4H3,(H,37,41)/t33-/m1/s1. The van der Waals surface area contributed by atoms with Crippen LogP contribution in [0.25, 0.3) is 0 Å². The Morgan fingerprint density at radius 3 is 2.13 bits per heavy atom. The predicted molar refractivity (Wildman–Crippen MR) is 178 cm³/mol. The van der Waals surface area contributed by atoms with Gasteiger partial charge in [0.25, 0.3) is 10.0 Å². The van der Waals surface area contributed by atoms with Crippen LogP contribution >= 0.6 is 11.6 Å². The number of halogens is 1. The zero-order valence-corrected chi connectivity index (χ0v) is 27.4. The highest BCUT2D eigenvalue weighted by Crippen LogP contribution is 2.27. The first kappa shape index (κ1) is 33.6. The minimum atomic E-state index is -4.21. The van der Waals surface area contributed by atoms with Gasteiger partial charge in [0.1, 0.15) is 18.3 Å². The number of methoxy groups -OCH3 is 1. The van der Waals surface area contributed by atoms with E-state index in [2.05, 4.69) is 5.32 Å². The van der Waals surface area contributed by atoms with Crippen LogP contribution in [-0.2, 0) is 32.6 Å². The summed E-state index contributed by atoms with van der Waals surface area (Å²) in [6.07, 6.45) is 0.226. The molecule has 236 valence electrons. The van der Waals surface area contributed by atoms with Crippen LogP contribution in [0.5, 0.6) is 5.75 Å². The molecule has 0 aliphatic rings. The molecule has 0 heterocycles. The lowest BCUT2D eigenvalue weighted by molar-refractivity contribution is -0.140. The van der Waals surface area contributed by atoms with Gasteiger partial charge in [0.05, 0.1) is 17.7 Å². The molecule has 4 rings (SSSR count). The summed E-state index contributed by atoms with van der Waals surface area (Å²) in [6.45, 7) is 5.09. The molecule has 1 atom stereocenters. The molecular weight excluding hydrogens is 610 g/mol. The second-order valence-electron chi connectivity index (χ2n) is 11.0. The van der Waals surface area contributed by atoms with E-state index in [1.165, 1.54) is 29.2 Å². The Labute approximate surface area is 270 Å². The van der Waals surface area contributed by atoms with Crippen molar-refractivity contribution >= 4 is 39.1 Å². The van der Waals surface area contributed by atoms with Crippen molar-refractivity contribution < 1.29 is 22.7 Å². The van der Waals surface area contributed by atoms with Crippen LogP contribution in [0.1, 0.15) is 30.5 Å². The van der Waals surface area contributed by atoms with Gasteiger partial charge in [-0.15, -0.1) is 0 Å². The molecule has 0 unspecified atom stereocenters. The zero-order chi connectivity index (χ0) is 32.6. The van der Waals surface area contributed by atoms with Crippen molar-refractivity contribution in [2.24, 2.45) is 0 Å². The molecule has 0 aliphatic carbocycles. The van der Waals surface area contributed by atoms with Gasteiger partial charge in [-0.3, -0.25) is 13.9 Å². The first-order valence-electron chi connectivity index (χ1n) is 14.6. The van der Waals surface area contributed by atoms with E-state index < -0.39 is 28.5 Å². The van der Waals surface area contributed by atoms with Crippen molar-refractivity contribution in [3.8, 4) is 5.75 Å². The van der Waals surface area contributed by atoms with Crippen molar-refractivity contribution in [2.45, 2.75) is 50.7 Å². The Morgan fingerprint density at radius 2 is 1.51 bits per heavy atom. The lowest BCUT2D eigenvalue weighted by Gasteiger charge is -2.34. The monoisotopic (exact) mass is 647 g/mol. The molecule has 2 amide bonds. The summed E-state index contributed by atoms with van der Waals surface area (Å²) >= 11 is 6.05. The van der Waals surface area contributed by atoms with Gasteiger partial charge < -0.3 is 15.0 Å². The van der Waals surface area contributed by atoms with Gasteiger partial charge in [-0.1, -0.05) is 71.8 Å². The molecular formula is C35H38ClN3O5S. The Hall–Kier alpha value is -4.34. The number of sulfonamides is 1. The van der Waals surface area contributed by atoms with E-state index in [0.29, 0.717) is 16.5 Å².